The summed E-state index contributed by atoms with van der Waals surface area (Å²) in [4.78, 5) is 11.8. The molecule has 1 heterocycles. The van der Waals surface area contributed by atoms with Crippen LogP contribution >= 0.6 is 0 Å². The highest BCUT2D eigenvalue weighted by atomic mass is 16.7. The summed E-state index contributed by atoms with van der Waals surface area (Å²) in [5.74, 6) is -0.0862. The van der Waals surface area contributed by atoms with Gasteiger partial charge in [-0.1, -0.05) is 19.9 Å². The molecule has 1 aliphatic carbocycles. The van der Waals surface area contributed by atoms with Gasteiger partial charge in [-0.2, -0.15) is 0 Å². The van der Waals surface area contributed by atoms with Crippen LogP contribution in [0.2, 0.25) is 0 Å². The number of hydrogen-bond donors (Lipinski definition) is 6. The average molecular weight is 402 g/mol. The molecule has 0 saturated carbocycles. The van der Waals surface area contributed by atoms with Gasteiger partial charge in [0, 0.05) is 11.8 Å². The first-order valence-electron chi connectivity index (χ1n) is 9.17. The molecule has 2 rings (SSSR count). The normalized spacial score (nSPS) is 39.8. The third-order valence-corrected chi connectivity index (χ3v) is 5.52. The van der Waals surface area contributed by atoms with Crippen LogP contribution in [0.5, 0.6) is 0 Å². The van der Waals surface area contributed by atoms with Crippen LogP contribution in [0.15, 0.2) is 23.8 Å². The molecular formula is C19H30O9. The highest BCUT2D eigenvalue weighted by Crippen LogP contribution is 2.44. The fourth-order valence-electron chi connectivity index (χ4n) is 3.61. The number of hydrogen-bond acceptors (Lipinski definition) is 9. The molecule has 0 aromatic carbocycles. The molecule has 0 unspecified atom stereocenters. The summed E-state index contributed by atoms with van der Waals surface area (Å²) in [5.41, 5.74) is -1.79. The molecule has 6 N–H and O–H groups in total. The van der Waals surface area contributed by atoms with Gasteiger partial charge in [0.1, 0.15) is 36.1 Å². The van der Waals surface area contributed by atoms with Crippen LogP contribution in [-0.4, -0.2) is 92.0 Å². The van der Waals surface area contributed by atoms with E-state index in [1.807, 2.05) is 0 Å². The molecule has 1 aliphatic heterocycles. The molecule has 9 heteroatoms. The minimum atomic E-state index is -1.60. The molecule has 0 aromatic rings. The van der Waals surface area contributed by atoms with Crippen molar-refractivity contribution in [3.8, 4) is 0 Å². The van der Waals surface area contributed by atoms with Crippen LogP contribution in [0.1, 0.15) is 27.2 Å². The predicted octanol–water partition coefficient (Wildman–Crippen LogP) is -1.60. The van der Waals surface area contributed by atoms with Crippen molar-refractivity contribution < 1.29 is 44.9 Å². The highest BCUT2D eigenvalue weighted by Gasteiger charge is 2.47. The number of carbonyl (C=O) groups excluding carboxylic acids is 1. The molecule has 9 nitrogen and oxygen atoms in total. The van der Waals surface area contributed by atoms with Crippen molar-refractivity contribution in [2.24, 2.45) is 5.41 Å². The second kappa shape index (κ2) is 8.68. The van der Waals surface area contributed by atoms with Crippen LogP contribution in [0, 0.1) is 5.41 Å². The Morgan fingerprint density at radius 3 is 2.43 bits per heavy atom. The fourth-order valence-corrected chi connectivity index (χ4v) is 3.61. The topological polar surface area (TPSA) is 157 Å². The minimum Gasteiger partial charge on any atom is -0.394 e. The van der Waals surface area contributed by atoms with Crippen molar-refractivity contribution in [2.75, 3.05) is 13.2 Å². The molecule has 7 atom stereocenters. The minimum absolute atomic E-state index is 0.0862. The Morgan fingerprint density at radius 2 is 1.89 bits per heavy atom. The van der Waals surface area contributed by atoms with Crippen LogP contribution in [-0.2, 0) is 14.3 Å². The zero-order valence-corrected chi connectivity index (χ0v) is 16.2. The lowest BCUT2D eigenvalue weighted by Gasteiger charge is -2.44. The number of carbonyl (C=O) groups is 1. The summed E-state index contributed by atoms with van der Waals surface area (Å²) < 4.78 is 10.7. The zero-order valence-electron chi connectivity index (χ0n) is 16.2. The maximum Gasteiger partial charge on any atom is 0.187 e. The van der Waals surface area contributed by atoms with Gasteiger partial charge in [-0.3, -0.25) is 4.79 Å². The molecule has 0 amide bonds. The number of rotatable bonds is 6. The van der Waals surface area contributed by atoms with Gasteiger partial charge in [-0.25, -0.2) is 0 Å². The Labute approximate surface area is 163 Å². The standard InChI is InChI=1S/C19H30O9/c1-10-6-11(22)7-18(2,3)19(10,26)5-4-12(8-20)27-17-16(25)15(24)14(23)13(9-21)28-17/h4-6,12-17,20-21,23-26H,7-9H2,1-3H3/t12-,13-,14-,15+,16-,17-,19-/m1/s1. The summed E-state index contributed by atoms with van der Waals surface area (Å²) in [7, 11) is 0. The van der Waals surface area contributed by atoms with Crippen molar-refractivity contribution in [1.82, 2.24) is 0 Å². The van der Waals surface area contributed by atoms with E-state index in [0.29, 0.717) is 5.57 Å². The van der Waals surface area contributed by atoms with E-state index in [4.69, 9.17) is 9.47 Å². The van der Waals surface area contributed by atoms with E-state index >= 15 is 0 Å². The molecular weight excluding hydrogens is 372 g/mol. The summed E-state index contributed by atoms with van der Waals surface area (Å²) in [6.45, 7) is 4.01. The number of ketones is 1. The van der Waals surface area contributed by atoms with E-state index in [9.17, 15) is 35.4 Å². The number of ether oxygens (including phenoxy) is 2. The molecule has 0 bridgehead atoms. The maximum atomic E-state index is 11.8. The molecule has 1 saturated heterocycles. The quantitative estimate of drug-likeness (QED) is 0.288. The zero-order chi connectivity index (χ0) is 21.3. The van der Waals surface area contributed by atoms with E-state index in [-0.39, 0.29) is 12.2 Å². The fraction of sp³-hybridized carbons (Fsp3) is 0.737. The van der Waals surface area contributed by atoms with Gasteiger partial charge < -0.3 is 40.1 Å². The highest BCUT2D eigenvalue weighted by molar-refractivity contribution is 5.92. The predicted molar refractivity (Wildman–Crippen MR) is 97.0 cm³/mol. The molecule has 1 fully saturated rings. The Kier molecular flexibility index (Phi) is 7.17. The monoisotopic (exact) mass is 402 g/mol. The third kappa shape index (κ3) is 4.37. The smallest absolute Gasteiger partial charge is 0.187 e. The van der Waals surface area contributed by atoms with Gasteiger partial charge >= 0.3 is 0 Å². The van der Waals surface area contributed by atoms with Gasteiger partial charge in [-0.15, -0.1) is 0 Å². The first-order chi connectivity index (χ1) is 13.0. The number of allylic oxidation sites excluding steroid dienone is 1. The number of aliphatic hydroxyl groups excluding tert-OH is 5. The van der Waals surface area contributed by atoms with E-state index in [1.54, 1.807) is 20.8 Å². The van der Waals surface area contributed by atoms with E-state index in [1.165, 1.54) is 18.2 Å². The van der Waals surface area contributed by atoms with Gasteiger partial charge in [0.15, 0.2) is 12.1 Å². The molecule has 28 heavy (non-hydrogen) atoms. The lowest BCUT2D eigenvalue weighted by Crippen LogP contribution is -2.59. The first kappa shape index (κ1) is 23.1. The average Bonchev–Trinajstić information content (AvgIpc) is 2.62. The van der Waals surface area contributed by atoms with Crippen LogP contribution < -0.4 is 0 Å². The molecule has 0 spiro atoms. The molecule has 2 aliphatic rings. The molecule has 0 radical (unpaired) electrons. The largest absolute Gasteiger partial charge is 0.394 e. The first-order valence-corrected chi connectivity index (χ1v) is 9.17. The Hall–Kier alpha value is -1.17. The Bertz CT molecular complexity index is 627. The van der Waals surface area contributed by atoms with Crippen LogP contribution in [0.3, 0.4) is 0 Å². The van der Waals surface area contributed by atoms with Gasteiger partial charge in [0.05, 0.1) is 13.2 Å². The summed E-state index contributed by atoms with van der Waals surface area (Å²) in [6, 6.07) is 0. The Balaban J connectivity index is 2.17. The molecule has 160 valence electrons. The Morgan fingerprint density at radius 1 is 1.25 bits per heavy atom. The van der Waals surface area contributed by atoms with Crippen LogP contribution in [0.4, 0.5) is 0 Å². The maximum absolute atomic E-state index is 11.8. The van der Waals surface area contributed by atoms with Crippen LogP contribution in [0.25, 0.3) is 0 Å². The van der Waals surface area contributed by atoms with Crippen molar-refractivity contribution in [2.45, 2.75) is 69.6 Å². The van der Waals surface area contributed by atoms with E-state index < -0.39 is 61.0 Å². The SMILES string of the molecule is CC1=CC(=O)CC(C)(C)[C@@]1(O)C=C[C@H](CO)O[C@@H]1O[C@H](CO)[C@@H](O)[C@H](O)[C@H]1O. The van der Waals surface area contributed by atoms with Crippen molar-refractivity contribution in [3.05, 3.63) is 23.8 Å². The third-order valence-electron chi connectivity index (χ3n) is 5.52. The van der Waals surface area contributed by atoms with Gasteiger partial charge in [0.2, 0.25) is 0 Å². The second-order valence-electron chi connectivity index (χ2n) is 8.03. The van der Waals surface area contributed by atoms with E-state index in [2.05, 4.69) is 0 Å². The second-order valence-corrected chi connectivity index (χ2v) is 8.03. The van der Waals surface area contributed by atoms with Crippen molar-refractivity contribution >= 4 is 5.78 Å². The van der Waals surface area contributed by atoms with Gasteiger partial charge in [0.25, 0.3) is 0 Å². The number of aliphatic hydroxyl groups is 6. The van der Waals surface area contributed by atoms with Gasteiger partial charge in [-0.05, 0) is 24.6 Å². The van der Waals surface area contributed by atoms with E-state index in [0.717, 1.165) is 0 Å². The summed E-state index contributed by atoms with van der Waals surface area (Å²) >= 11 is 0. The van der Waals surface area contributed by atoms with Crippen molar-refractivity contribution in [3.63, 3.8) is 0 Å². The lowest BCUT2D eigenvalue weighted by atomic mass is 9.64. The van der Waals surface area contributed by atoms with Crippen molar-refractivity contribution in [1.29, 1.82) is 0 Å². The molecule has 0 aromatic heterocycles. The lowest BCUT2D eigenvalue weighted by molar-refractivity contribution is -0.309. The summed E-state index contributed by atoms with van der Waals surface area (Å²) in [6.07, 6.45) is -3.96. The summed E-state index contributed by atoms with van der Waals surface area (Å²) in [5, 5.41) is 59.6.